The number of rotatable bonds is 5. The Morgan fingerprint density at radius 2 is 2.26 bits per heavy atom. The fourth-order valence-corrected chi connectivity index (χ4v) is 2.81. The topological polar surface area (TPSA) is 24.5 Å². The standard InChI is InChI=1S/C16H26N2O/c1-4-19-16-10-14(11-17-3)7-8-15(16)18-9-5-6-13(2)12-18/h7-8,10,13,17H,4-6,9,11-12H2,1-3H3. The molecule has 3 nitrogen and oxygen atoms in total. The van der Waals surface area contributed by atoms with Crippen molar-refractivity contribution in [3.63, 3.8) is 0 Å². The van der Waals surface area contributed by atoms with Crippen molar-refractivity contribution in [1.29, 1.82) is 0 Å². The maximum absolute atomic E-state index is 5.84. The second-order valence-electron chi connectivity index (χ2n) is 5.46. The molecule has 1 atom stereocenters. The number of anilines is 1. The molecule has 0 amide bonds. The summed E-state index contributed by atoms with van der Waals surface area (Å²) in [5.41, 5.74) is 2.54. The van der Waals surface area contributed by atoms with Crippen LogP contribution in [0.1, 0.15) is 32.3 Å². The molecule has 3 heteroatoms. The normalized spacial score (nSPS) is 19.5. The molecule has 1 aliphatic rings. The van der Waals surface area contributed by atoms with Crippen molar-refractivity contribution >= 4 is 5.69 Å². The lowest BCUT2D eigenvalue weighted by Crippen LogP contribution is -2.34. The minimum absolute atomic E-state index is 0.722. The van der Waals surface area contributed by atoms with Crippen molar-refractivity contribution in [2.24, 2.45) is 5.92 Å². The van der Waals surface area contributed by atoms with E-state index in [4.69, 9.17) is 4.74 Å². The zero-order valence-corrected chi connectivity index (χ0v) is 12.4. The van der Waals surface area contributed by atoms with Gasteiger partial charge < -0.3 is 15.0 Å². The third kappa shape index (κ3) is 3.63. The molecule has 0 saturated carbocycles. The Hall–Kier alpha value is -1.22. The zero-order valence-electron chi connectivity index (χ0n) is 12.4. The largest absolute Gasteiger partial charge is 0.492 e. The number of nitrogens with zero attached hydrogens (tertiary/aromatic N) is 1. The van der Waals surface area contributed by atoms with Crippen LogP contribution in [0.3, 0.4) is 0 Å². The molecule has 0 aliphatic carbocycles. The minimum atomic E-state index is 0.722. The second kappa shape index (κ2) is 6.80. The molecule has 1 fully saturated rings. The molecule has 106 valence electrons. The van der Waals surface area contributed by atoms with Gasteiger partial charge in [-0.25, -0.2) is 0 Å². The van der Waals surface area contributed by atoms with Gasteiger partial charge in [-0.15, -0.1) is 0 Å². The molecule has 2 rings (SSSR count). The molecule has 1 N–H and O–H groups in total. The first kappa shape index (κ1) is 14.2. The summed E-state index contributed by atoms with van der Waals surface area (Å²) in [5, 5.41) is 3.19. The number of ether oxygens (including phenoxy) is 1. The summed E-state index contributed by atoms with van der Waals surface area (Å²) in [7, 11) is 1.97. The van der Waals surface area contributed by atoms with Crippen molar-refractivity contribution in [3.05, 3.63) is 23.8 Å². The van der Waals surface area contributed by atoms with Gasteiger partial charge >= 0.3 is 0 Å². The zero-order chi connectivity index (χ0) is 13.7. The molecule has 0 radical (unpaired) electrons. The first-order valence-electron chi connectivity index (χ1n) is 7.39. The third-order valence-corrected chi connectivity index (χ3v) is 3.70. The highest BCUT2D eigenvalue weighted by molar-refractivity contribution is 5.60. The summed E-state index contributed by atoms with van der Waals surface area (Å²) >= 11 is 0. The predicted molar refractivity (Wildman–Crippen MR) is 81.0 cm³/mol. The molecule has 0 aromatic heterocycles. The van der Waals surface area contributed by atoms with E-state index in [1.807, 2.05) is 14.0 Å². The van der Waals surface area contributed by atoms with Crippen LogP contribution in [0, 0.1) is 5.92 Å². The van der Waals surface area contributed by atoms with Gasteiger partial charge in [0.25, 0.3) is 0 Å². The molecular formula is C16H26N2O. The predicted octanol–water partition coefficient (Wildman–Crippen LogP) is 3.04. The van der Waals surface area contributed by atoms with Crippen LogP contribution in [-0.2, 0) is 6.54 Å². The molecule has 1 heterocycles. The van der Waals surface area contributed by atoms with Gasteiger partial charge in [-0.3, -0.25) is 0 Å². The lowest BCUT2D eigenvalue weighted by molar-refractivity contribution is 0.337. The molecule has 1 saturated heterocycles. The summed E-state index contributed by atoms with van der Waals surface area (Å²) in [5.74, 6) is 1.81. The lowest BCUT2D eigenvalue weighted by Gasteiger charge is -2.34. The third-order valence-electron chi connectivity index (χ3n) is 3.70. The van der Waals surface area contributed by atoms with Gasteiger partial charge in [0, 0.05) is 19.6 Å². The fourth-order valence-electron chi connectivity index (χ4n) is 2.81. The average Bonchev–Trinajstić information content (AvgIpc) is 2.40. The van der Waals surface area contributed by atoms with Crippen molar-refractivity contribution in [1.82, 2.24) is 5.32 Å². The Labute approximate surface area is 116 Å². The van der Waals surface area contributed by atoms with Gasteiger partial charge in [-0.2, -0.15) is 0 Å². The van der Waals surface area contributed by atoms with E-state index < -0.39 is 0 Å². The van der Waals surface area contributed by atoms with E-state index in [9.17, 15) is 0 Å². The molecule has 19 heavy (non-hydrogen) atoms. The summed E-state index contributed by atoms with van der Waals surface area (Å²) in [6.45, 7) is 8.28. The van der Waals surface area contributed by atoms with E-state index in [2.05, 4.69) is 35.3 Å². The van der Waals surface area contributed by atoms with E-state index in [0.29, 0.717) is 0 Å². The number of hydrogen-bond acceptors (Lipinski definition) is 3. The SMILES string of the molecule is CCOc1cc(CNC)ccc1N1CCCC(C)C1. The molecule has 1 aliphatic heterocycles. The number of piperidine rings is 1. The van der Waals surface area contributed by atoms with Gasteiger partial charge in [-0.1, -0.05) is 13.0 Å². The van der Waals surface area contributed by atoms with Gasteiger partial charge in [0.2, 0.25) is 0 Å². The Morgan fingerprint density at radius 1 is 1.42 bits per heavy atom. The van der Waals surface area contributed by atoms with Crippen LogP contribution in [0.5, 0.6) is 5.75 Å². The number of hydrogen-bond donors (Lipinski definition) is 1. The quantitative estimate of drug-likeness (QED) is 0.882. The summed E-state index contributed by atoms with van der Waals surface area (Å²) < 4.78 is 5.84. The molecule has 0 spiro atoms. The minimum Gasteiger partial charge on any atom is -0.492 e. The van der Waals surface area contributed by atoms with Gasteiger partial charge in [0.05, 0.1) is 12.3 Å². The Kier molecular flexibility index (Phi) is 5.08. The highest BCUT2D eigenvalue weighted by Gasteiger charge is 2.19. The molecule has 1 aromatic carbocycles. The molecule has 1 unspecified atom stereocenters. The lowest BCUT2D eigenvalue weighted by atomic mass is 9.99. The Balaban J connectivity index is 2.22. The van der Waals surface area contributed by atoms with Crippen LogP contribution in [0.25, 0.3) is 0 Å². The maximum Gasteiger partial charge on any atom is 0.142 e. The van der Waals surface area contributed by atoms with Crippen molar-refractivity contribution in [2.75, 3.05) is 31.6 Å². The van der Waals surface area contributed by atoms with Crippen molar-refractivity contribution in [3.8, 4) is 5.75 Å². The average molecular weight is 262 g/mol. The first-order chi connectivity index (χ1) is 9.24. The van der Waals surface area contributed by atoms with Crippen LogP contribution in [0.4, 0.5) is 5.69 Å². The van der Waals surface area contributed by atoms with E-state index in [-0.39, 0.29) is 0 Å². The van der Waals surface area contributed by atoms with Crippen molar-refractivity contribution < 1.29 is 4.74 Å². The van der Waals surface area contributed by atoms with Crippen LogP contribution in [-0.4, -0.2) is 26.7 Å². The fraction of sp³-hybridized carbons (Fsp3) is 0.625. The summed E-state index contributed by atoms with van der Waals surface area (Å²) in [4.78, 5) is 2.47. The first-order valence-corrected chi connectivity index (χ1v) is 7.39. The van der Waals surface area contributed by atoms with Gasteiger partial charge in [0.15, 0.2) is 0 Å². The Morgan fingerprint density at radius 3 is 2.95 bits per heavy atom. The van der Waals surface area contributed by atoms with Gasteiger partial charge in [0.1, 0.15) is 5.75 Å². The van der Waals surface area contributed by atoms with E-state index in [1.54, 1.807) is 0 Å². The molecular weight excluding hydrogens is 236 g/mol. The number of nitrogens with one attached hydrogen (secondary N) is 1. The van der Waals surface area contributed by atoms with Crippen LogP contribution in [0.15, 0.2) is 18.2 Å². The van der Waals surface area contributed by atoms with Crippen LogP contribution < -0.4 is 15.0 Å². The van der Waals surface area contributed by atoms with Crippen molar-refractivity contribution in [2.45, 2.75) is 33.2 Å². The maximum atomic E-state index is 5.84. The summed E-state index contributed by atoms with van der Waals surface area (Å²) in [6.07, 6.45) is 2.63. The smallest absolute Gasteiger partial charge is 0.142 e. The van der Waals surface area contributed by atoms with E-state index in [0.717, 1.165) is 37.9 Å². The van der Waals surface area contributed by atoms with Crippen LogP contribution in [0.2, 0.25) is 0 Å². The summed E-state index contributed by atoms with van der Waals surface area (Å²) in [6, 6.07) is 6.60. The monoisotopic (exact) mass is 262 g/mol. The second-order valence-corrected chi connectivity index (χ2v) is 5.46. The number of benzene rings is 1. The van der Waals surface area contributed by atoms with Gasteiger partial charge in [-0.05, 0) is 50.4 Å². The Bertz CT molecular complexity index is 406. The van der Waals surface area contributed by atoms with E-state index in [1.165, 1.54) is 24.1 Å². The highest BCUT2D eigenvalue weighted by atomic mass is 16.5. The van der Waals surface area contributed by atoms with Crippen LogP contribution >= 0.6 is 0 Å². The van der Waals surface area contributed by atoms with E-state index >= 15 is 0 Å². The molecule has 0 bridgehead atoms. The molecule has 1 aromatic rings. The highest BCUT2D eigenvalue weighted by Crippen LogP contribution is 2.32.